The second-order valence-corrected chi connectivity index (χ2v) is 7.55. The molecule has 1 aliphatic heterocycles. The second-order valence-electron chi connectivity index (χ2n) is 7.55. The van der Waals surface area contributed by atoms with Gasteiger partial charge in [-0.3, -0.25) is 14.4 Å². The zero-order valence-corrected chi connectivity index (χ0v) is 15.9. The van der Waals surface area contributed by atoms with E-state index in [0.29, 0.717) is 25.9 Å². The Morgan fingerprint density at radius 1 is 0.963 bits per heavy atom. The summed E-state index contributed by atoms with van der Waals surface area (Å²) < 4.78 is 0. The number of piperidine rings is 1. The van der Waals surface area contributed by atoms with Crippen LogP contribution < -0.4 is 10.6 Å². The smallest absolute Gasteiger partial charge is 0.246 e. The lowest BCUT2D eigenvalue weighted by Gasteiger charge is -2.33. The molecule has 1 saturated heterocycles. The molecule has 2 fully saturated rings. The van der Waals surface area contributed by atoms with E-state index in [1.165, 1.54) is 0 Å². The highest BCUT2D eigenvalue weighted by Crippen LogP contribution is 2.28. The molecule has 1 saturated carbocycles. The highest BCUT2D eigenvalue weighted by molar-refractivity contribution is 5.89. The topological polar surface area (TPSA) is 78.5 Å². The lowest BCUT2D eigenvalue weighted by molar-refractivity contribution is -0.139. The quantitative estimate of drug-likeness (QED) is 0.831. The van der Waals surface area contributed by atoms with Crippen LogP contribution in [0.1, 0.15) is 50.1 Å². The summed E-state index contributed by atoms with van der Waals surface area (Å²) >= 11 is 0. The number of hydrogen-bond acceptors (Lipinski definition) is 3. The molecular formula is C21H29N3O3. The molecule has 0 unspecified atom stereocenters. The van der Waals surface area contributed by atoms with Crippen LogP contribution in [0.5, 0.6) is 0 Å². The zero-order chi connectivity index (χ0) is 19.2. The van der Waals surface area contributed by atoms with E-state index in [4.69, 9.17) is 0 Å². The van der Waals surface area contributed by atoms with E-state index < -0.39 is 6.04 Å². The first kappa shape index (κ1) is 19.4. The van der Waals surface area contributed by atoms with Crippen molar-refractivity contribution in [2.45, 2.75) is 44.6 Å². The van der Waals surface area contributed by atoms with E-state index in [0.717, 1.165) is 31.2 Å². The van der Waals surface area contributed by atoms with Crippen molar-refractivity contribution in [3.05, 3.63) is 35.9 Å². The summed E-state index contributed by atoms with van der Waals surface area (Å²) in [6.07, 6.45) is 5.61. The third-order valence-electron chi connectivity index (χ3n) is 5.81. The monoisotopic (exact) mass is 371 g/mol. The van der Waals surface area contributed by atoms with Crippen molar-refractivity contribution in [2.24, 2.45) is 11.8 Å². The number of benzene rings is 1. The lowest BCUT2D eigenvalue weighted by atomic mass is 9.93. The Hall–Kier alpha value is -2.37. The molecule has 6 nitrogen and oxygen atoms in total. The molecule has 146 valence electrons. The van der Waals surface area contributed by atoms with Gasteiger partial charge in [-0.2, -0.15) is 0 Å². The summed E-state index contributed by atoms with van der Waals surface area (Å²) in [6.45, 7) is 1.26. The first-order valence-electron chi connectivity index (χ1n) is 9.96. The van der Waals surface area contributed by atoms with Gasteiger partial charge in [-0.15, -0.1) is 0 Å². The molecule has 3 amide bonds. The van der Waals surface area contributed by atoms with E-state index in [1.807, 2.05) is 35.2 Å². The van der Waals surface area contributed by atoms with E-state index in [9.17, 15) is 14.4 Å². The third kappa shape index (κ3) is 4.67. The van der Waals surface area contributed by atoms with Crippen LogP contribution in [0.2, 0.25) is 0 Å². The first-order chi connectivity index (χ1) is 13.1. The van der Waals surface area contributed by atoms with E-state index >= 15 is 0 Å². The highest BCUT2D eigenvalue weighted by atomic mass is 16.2. The summed E-state index contributed by atoms with van der Waals surface area (Å²) in [7, 11) is 1.57. The van der Waals surface area contributed by atoms with Gasteiger partial charge in [0.2, 0.25) is 17.7 Å². The summed E-state index contributed by atoms with van der Waals surface area (Å²) in [4.78, 5) is 39.4. The molecule has 1 aromatic rings. The molecule has 1 atom stereocenters. The Morgan fingerprint density at radius 3 is 2.19 bits per heavy atom. The maximum atomic E-state index is 12.7. The molecular weight excluding hydrogens is 342 g/mol. The van der Waals surface area contributed by atoms with Gasteiger partial charge in [-0.1, -0.05) is 43.2 Å². The van der Waals surface area contributed by atoms with Gasteiger partial charge < -0.3 is 15.5 Å². The minimum absolute atomic E-state index is 0.111. The largest absolute Gasteiger partial charge is 0.357 e. The molecule has 1 heterocycles. The number of carbonyl (C=O) groups is 3. The van der Waals surface area contributed by atoms with Gasteiger partial charge >= 0.3 is 0 Å². The number of nitrogens with one attached hydrogen (secondary N) is 2. The maximum Gasteiger partial charge on any atom is 0.246 e. The van der Waals surface area contributed by atoms with Gasteiger partial charge in [0.05, 0.1) is 0 Å². The van der Waals surface area contributed by atoms with Crippen LogP contribution in [0, 0.1) is 11.8 Å². The van der Waals surface area contributed by atoms with Crippen LogP contribution in [0.25, 0.3) is 0 Å². The van der Waals surface area contributed by atoms with Crippen molar-refractivity contribution in [1.29, 1.82) is 0 Å². The minimum Gasteiger partial charge on any atom is -0.357 e. The molecule has 0 bridgehead atoms. The summed E-state index contributed by atoms with van der Waals surface area (Å²) in [5.74, 6) is -0.0534. The van der Waals surface area contributed by atoms with Gasteiger partial charge in [-0.25, -0.2) is 0 Å². The average molecular weight is 371 g/mol. The molecule has 0 aromatic heterocycles. The van der Waals surface area contributed by atoms with Crippen molar-refractivity contribution in [2.75, 3.05) is 20.1 Å². The van der Waals surface area contributed by atoms with Gasteiger partial charge in [0, 0.05) is 32.0 Å². The molecule has 27 heavy (non-hydrogen) atoms. The fourth-order valence-electron chi connectivity index (χ4n) is 4.14. The summed E-state index contributed by atoms with van der Waals surface area (Å²) in [6, 6.07) is 8.56. The van der Waals surface area contributed by atoms with Gasteiger partial charge in [0.15, 0.2) is 0 Å². The molecule has 6 heteroatoms. The fourth-order valence-corrected chi connectivity index (χ4v) is 4.14. The molecule has 2 aliphatic rings. The van der Waals surface area contributed by atoms with Crippen molar-refractivity contribution in [3.8, 4) is 0 Å². The van der Waals surface area contributed by atoms with E-state index in [1.54, 1.807) is 7.05 Å². The Morgan fingerprint density at radius 2 is 1.59 bits per heavy atom. The summed E-state index contributed by atoms with van der Waals surface area (Å²) in [5.41, 5.74) is 0.763. The number of likely N-dealkylation sites (N-methyl/N-ethyl adjacent to an activating group) is 1. The molecule has 1 aliphatic carbocycles. The molecule has 0 radical (unpaired) electrons. The van der Waals surface area contributed by atoms with Crippen LogP contribution in [0.4, 0.5) is 0 Å². The van der Waals surface area contributed by atoms with Crippen molar-refractivity contribution < 1.29 is 14.4 Å². The van der Waals surface area contributed by atoms with Crippen molar-refractivity contribution in [3.63, 3.8) is 0 Å². The molecule has 0 spiro atoms. The van der Waals surface area contributed by atoms with Crippen molar-refractivity contribution >= 4 is 17.7 Å². The Bertz CT molecular complexity index is 663. The van der Waals surface area contributed by atoms with E-state index in [-0.39, 0.29) is 29.6 Å². The Balaban J connectivity index is 1.56. The highest BCUT2D eigenvalue weighted by Gasteiger charge is 2.33. The van der Waals surface area contributed by atoms with Crippen LogP contribution in [-0.4, -0.2) is 42.8 Å². The molecule has 2 N–H and O–H groups in total. The number of carbonyl (C=O) groups excluding carboxylic acids is 3. The Labute approximate surface area is 160 Å². The predicted octanol–water partition coefficient (Wildman–Crippen LogP) is 2.02. The fraction of sp³-hybridized carbons (Fsp3) is 0.571. The zero-order valence-electron chi connectivity index (χ0n) is 15.9. The van der Waals surface area contributed by atoms with Gasteiger partial charge in [0.1, 0.15) is 6.04 Å². The number of nitrogens with zero attached hydrogens (tertiary/aromatic N) is 1. The summed E-state index contributed by atoms with van der Waals surface area (Å²) in [5, 5.41) is 5.52. The third-order valence-corrected chi connectivity index (χ3v) is 5.81. The van der Waals surface area contributed by atoms with Gasteiger partial charge in [0.25, 0.3) is 0 Å². The standard InChI is InChI=1S/C21H29N3O3/c1-22-20(26)18(15-7-3-2-4-8-15)23-19(25)16-11-13-24(14-12-16)21(27)17-9-5-6-10-17/h2-4,7-8,16-18H,5-6,9-14H2,1H3,(H,22,26)(H,23,25)/t18-/m1/s1. The van der Waals surface area contributed by atoms with Crippen LogP contribution in [-0.2, 0) is 14.4 Å². The number of hydrogen-bond donors (Lipinski definition) is 2. The van der Waals surface area contributed by atoms with E-state index in [2.05, 4.69) is 10.6 Å². The number of likely N-dealkylation sites (tertiary alicyclic amines) is 1. The van der Waals surface area contributed by atoms with Crippen molar-refractivity contribution in [1.82, 2.24) is 15.5 Å². The predicted molar refractivity (Wildman–Crippen MR) is 103 cm³/mol. The first-order valence-corrected chi connectivity index (χ1v) is 9.96. The lowest BCUT2D eigenvalue weighted by Crippen LogP contribution is -2.47. The number of amides is 3. The van der Waals surface area contributed by atoms with Crippen LogP contribution in [0.3, 0.4) is 0 Å². The normalized spacial score (nSPS) is 19.5. The molecule has 3 rings (SSSR count). The minimum atomic E-state index is -0.693. The van der Waals surface area contributed by atoms with Crippen LogP contribution >= 0.6 is 0 Å². The Kier molecular flexibility index (Phi) is 6.48. The number of rotatable bonds is 5. The second kappa shape index (κ2) is 9.02. The average Bonchev–Trinajstić information content (AvgIpc) is 3.26. The maximum absolute atomic E-state index is 12.7. The van der Waals surface area contributed by atoms with Gasteiger partial charge in [-0.05, 0) is 31.2 Å². The molecule has 1 aromatic carbocycles. The SMILES string of the molecule is CNC(=O)[C@H](NC(=O)C1CCN(C(=O)C2CCCC2)CC1)c1ccccc1. The van der Waals surface area contributed by atoms with Crippen LogP contribution in [0.15, 0.2) is 30.3 Å².